The largest absolute Gasteiger partial charge is 0.480 e. The van der Waals surface area contributed by atoms with Gasteiger partial charge in [-0.15, -0.1) is 0 Å². The van der Waals surface area contributed by atoms with Gasteiger partial charge in [-0.2, -0.15) is 0 Å². The maximum atomic E-state index is 13.1. The van der Waals surface area contributed by atoms with Gasteiger partial charge in [0.1, 0.15) is 11.9 Å². The van der Waals surface area contributed by atoms with Crippen molar-refractivity contribution in [3.8, 4) is 0 Å². The summed E-state index contributed by atoms with van der Waals surface area (Å²) in [4.78, 5) is 24.9. The number of carboxylic acid groups (broad SMARTS) is 1. The molecule has 0 bridgehead atoms. The van der Waals surface area contributed by atoms with Crippen LogP contribution in [0.3, 0.4) is 0 Å². The van der Waals surface area contributed by atoms with Crippen LogP contribution in [0.5, 0.6) is 0 Å². The molecule has 0 aliphatic carbocycles. The van der Waals surface area contributed by atoms with Crippen molar-refractivity contribution in [3.05, 3.63) is 35.6 Å². The predicted molar refractivity (Wildman–Crippen MR) is 67.3 cm³/mol. The average Bonchev–Trinajstić information content (AvgIpc) is 2.63. The van der Waals surface area contributed by atoms with Gasteiger partial charge in [0.25, 0.3) is 5.91 Å². The highest BCUT2D eigenvalue weighted by Crippen LogP contribution is 2.20. The predicted octanol–water partition coefficient (Wildman–Crippen LogP) is 2.30. The number of likely N-dealkylation sites (tertiary alicyclic amines) is 1. The maximum absolute atomic E-state index is 13.1. The molecule has 102 valence electrons. The minimum Gasteiger partial charge on any atom is -0.480 e. The number of aliphatic carboxylic acids is 1. The molecular formula is C14H16FNO3. The van der Waals surface area contributed by atoms with Gasteiger partial charge >= 0.3 is 5.97 Å². The van der Waals surface area contributed by atoms with Crippen molar-refractivity contribution >= 4 is 11.9 Å². The number of carbonyl (C=O) groups excluding carboxylic acids is 1. The normalized spacial score (nSPS) is 19.8. The highest BCUT2D eigenvalue weighted by atomic mass is 19.1. The van der Waals surface area contributed by atoms with E-state index in [1.807, 2.05) is 0 Å². The first-order chi connectivity index (χ1) is 9.09. The van der Waals surface area contributed by atoms with Crippen LogP contribution in [0, 0.1) is 5.82 Å². The smallest absolute Gasteiger partial charge is 0.326 e. The Kier molecular flexibility index (Phi) is 4.14. The number of rotatable bonds is 2. The Labute approximate surface area is 110 Å². The molecule has 1 N–H and O–H groups in total. The second kappa shape index (κ2) is 5.82. The lowest BCUT2D eigenvalue weighted by Gasteiger charge is -2.27. The van der Waals surface area contributed by atoms with Gasteiger partial charge < -0.3 is 10.0 Å². The molecular weight excluding hydrogens is 249 g/mol. The lowest BCUT2D eigenvalue weighted by atomic mass is 10.1. The van der Waals surface area contributed by atoms with Crippen LogP contribution in [0.2, 0.25) is 0 Å². The lowest BCUT2D eigenvalue weighted by Crippen LogP contribution is -2.44. The molecule has 4 nitrogen and oxygen atoms in total. The van der Waals surface area contributed by atoms with Crippen LogP contribution in [0.4, 0.5) is 4.39 Å². The third-order valence-electron chi connectivity index (χ3n) is 3.37. The van der Waals surface area contributed by atoms with Crippen molar-refractivity contribution in [1.82, 2.24) is 4.90 Å². The number of benzene rings is 1. The quantitative estimate of drug-likeness (QED) is 0.892. The molecule has 1 aliphatic rings. The summed E-state index contributed by atoms with van der Waals surface area (Å²) in [5.41, 5.74) is 0.202. The molecule has 1 amide bonds. The van der Waals surface area contributed by atoms with E-state index in [1.54, 1.807) is 0 Å². The topological polar surface area (TPSA) is 57.6 Å². The summed E-state index contributed by atoms with van der Waals surface area (Å²) in [5, 5.41) is 9.22. The molecule has 0 aromatic heterocycles. The van der Waals surface area contributed by atoms with Crippen molar-refractivity contribution in [3.63, 3.8) is 0 Å². The zero-order chi connectivity index (χ0) is 13.8. The van der Waals surface area contributed by atoms with E-state index in [2.05, 4.69) is 0 Å². The summed E-state index contributed by atoms with van der Waals surface area (Å²) in [7, 11) is 0. The molecule has 19 heavy (non-hydrogen) atoms. The summed E-state index contributed by atoms with van der Waals surface area (Å²) >= 11 is 0. The van der Waals surface area contributed by atoms with Crippen molar-refractivity contribution < 1.29 is 19.1 Å². The van der Waals surface area contributed by atoms with Crippen molar-refractivity contribution in [2.24, 2.45) is 0 Å². The maximum Gasteiger partial charge on any atom is 0.326 e. The van der Waals surface area contributed by atoms with E-state index >= 15 is 0 Å². The molecule has 1 atom stereocenters. The highest BCUT2D eigenvalue weighted by Gasteiger charge is 2.31. The van der Waals surface area contributed by atoms with Crippen molar-refractivity contribution in [2.45, 2.75) is 31.7 Å². The van der Waals surface area contributed by atoms with E-state index in [1.165, 1.54) is 23.1 Å². The Morgan fingerprint density at radius 3 is 2.74 bits per heavy atom. The molecule has 1 heterocycles. The zero-order valence-corrected chi connectivity index (χ0v) is 10.5. The van der Waals surface area contributed by atoms with E-state index in [0.29, 0.717) is 13.0 Å². The summed E-state index contributed by atoms with van der Waals surface area (Å²) in [6.45, 7) is 0.409. The van der Waals surface area contributed by atoms with E-state index in [4.69, 9.17) is 0 Å². The fraction of sp³-hybridized carbons (Fsp3) is 0.429. The minimum atomic E-state index is -0.994. The molecule has 1 fully saturated rings. The average molecular weight is 265 g/mol. The minimum absolute atomic E-state index is 0.202. The number of hydrogen-bond acceptors (Lipinski definition) is 2. The van der Waals surface area contributed by atoms with Crippen LogP contribution < -0.4 is 0 Å². The van der Waals surface area contributed by atoms with E-state index < -0.39 is 23.7 Å². The molecule has 1 aromatic carbocycles. The van der Waals surface area contributed by atoms with Crippen LogP contribution in [-0.4, -0.2) is 34.5 Å². The second-order valence-electron chi connectivity index (χ2n) is 4.71. The number of halogens is 1. The van der Waals surface area contributed by atoms with E-state index in [0.717, 1.165) is 25.3 Å². The first kappa shape index (κ1) is 13.5. The molecule has 1 aliphatic heterocycles. The summed E-state index contributed by atoms with van der Waals surface area (Å²) in [5.74, 6) is -1.90. The molecule has 0 spiro atoms. The van der Waals surface area contributed by atoms with Crippen LogP contribution in [0.25, 0.3) is 0 Å². The van der Waals surface area contributed by atoms with Crippen LogP contribution >= 0.6 is 0 Å². The van der Waals surface area contributed by atoms with Crippen molar-refractivity contribution in [2.75, 3.05) is 6.54 Å². The fourth-order valence-corrected chi connectivity index (χ4v) is 2.40. The van der Waals surface area contributed by atoms with Gasteiger partial charge in [-0.05, 0) is 31.0 Å². The van der Waals surface area contributed by atoms with E-state index in [-0.39, 0.29) is 5.56 Å². The number of carbonyl (C=O) groups is 2. The SMILES string of the molecule is O=C(O)C1CCCCCN1C(=O)c1cccc(F)c1. The number of amides is 1. The van der Waals surface area contributed by atoms with Gasteiger partial charge in [0, 0.05) is 12.1 Å². The fourth-order valence-electron chi connectivity index (χ4n) is 2.40. The molecule has 0 saturated carbocycles. The molecule has 5 heteroatoms. The molecule has 1 unspecified atom stereocenters. The number of nitrogens with zero attached hydrogens (tertiary/aromatic N) is 1. The van der Waals surface area contributed by atoms with Gasteiger partial charge in [0.05, 0.1) is 0 Å². The number of carboxylic acids is 1. The Morgan fingerprint density at radius 2 is 2.05 bits per heavy atom. The molecule has 1 aromatic rings. The molecule has 0 radical (unpaired) electrons. The standard InChI is InChI=1S/C14H16FNO3/c15-11-6-4-5-10(9-11)13(17)16-8-3-1-2-7-12(16)14(18)19/h4-6,9,12H,1-3,7-8H2,(H,18,19). The summed E-state index contributed by atoms with van der Waals surface area (Å²) in [6, 6.07) is 4.56. The first-order valence-electron chi connectivity index (χ1n) is 6.39. The molecule has 1 saturated heterocycles. The van der Waals surface area contributed by atoms with Crippen LogP contribution in [0.15, 0.2) is 24.3 Å². The Morgan fingerprint density at radius 1 is 1.26 bits per heavy atom. The van der Waals surface area contributed by atoms with E-state index in [9.17, 15) is 19.1 Å². The Balaban J connectivity index is 2.26. The summed E-state index contributed by atoms with van der Waals surface area (Å²) in [6.07, 6.45) is 2.95. The third-order valence-corrected chi connectivity index (χ3v) is 3.37. The van der Waals surface area contributed by atoms with Gasteiger partial charge in [-0.1, -0.05) is 18.9 Å². The first-order valence-corrected chi connectivity index (χ1v) is 6.39. The van der Waals surface area contributed by atoms with Gasteiger partial charge in [-0.3, -0.25) is 4.79 Å². The van der Waals surface area contributed by atoms with Gasteiger partial charge in [-0.25, -0.2) is 9.18 Å². The van der Waals surface area contributed by atoms with Crippen LogP contribution in [0.1, 0.15) is 36.0 Å². The highest BCUT2D eigenvalue weighted by molar-refractivity contribution is 5.96. The van der Waals surface area contributed by atoms with Gasteiger partial charge in [0.2, 0.25) is 0 Å². The van der Waals surface area contributed by atoms with Crippen LogP contribution in [-0.2, 0) is 4.79 Å². The summed E-state index contributed by atoms with van der Waals surface area (Å²) < 4.78 is 13.1. The van der Waals surface area contributed by atoms with Crippen molar-refractivity contribution in [1.29, 1.82) is 0 Å². The monoisotopic (exact) mass is 265 g/mol. The zero-order valence-electron chi connectivity index (χ0n) is 10.5. The third kappa shape index (κ3) is 3.10. The number of hydrogen-bond donors (Lipinski definition) is 1. The Bertz CT molecular complexity index is 489. The Hall–Kier alpha value is -1.91. The molecule has 2 rings (SSSR count). The van der Waals surface area contributed by atoms with Gasteiger partial charge in [0.15, 0.2) is 0 Å². The second-order valence-corrected chi connectivity index (χ2v) is 4.71. The lowest BCUT2D eigenvalue weighted by molar-refractivity contribution is -0.142.